The topological polar surface area (TPSA) is 65.3 Å². The summed E-state index contributed by atoms with van der Waals surface area (Å²) in [4.78, 5) is 24.6. The van der Waals surface area contributed by atoms with Crippen LogP contribution in [0.2, 0.25) is 5.15 Å². The molecule has 25 heavy (non-hydrogen) atoms. The minimum absolute atomic E-state index is 0.0697. The zero-order valence-electron chi connectivity index (χ0n) is 13.6. The van der Waals surface area contributed by atoms with Gasteiger partial charge in [0.05, 0.1) is 11.3 Å². The second-order valence-corrected chi connectivity index (χ2v) is 6.71. The molecule has 1 aromatic carbocycles. The van der Waals surface area contributed by atoms with Crippen LogP contribution < -0.4 is 15.6 Å². The fourth-order valence-electron chi connectivity index (χ4n) is 3.35. The number of nitrogens with zero attached hydrogens (tertiary/aromatic N) is 2. The largest absolute Gasteiger partial charge is 0.479 e. The minimum atomic E-state index is -0.697. The fourth-order valence-corrected chi connectivity index (χ4v) is 3.71. The molecule has 0 bridgehead atoms. The summed E-state index contributed by atoms with van der Waals surface area (Å²) in [5.41, 5.74) is 0.209. The maximum absolute atomic E-state index is 14.7. The van der Waals surface area contributed by atoms with E-state index < -0.39 is 11.9 Å². The highest BCUT2D eigenvalue weighted by molar-refractivity contribution is 6.32. The van der Waals surface area contributed by atoms with Gasteiger partial charge in [-0.2, -0.15) is 0 Å². The van der Waals surface area contributed by atoms with Crippen molar-refractivity contribution in [2.45, 2.75) is 45.4 Å². The molecule has 2 aliphatic rings. The van der Waals surface area contributed by atoms with Crippen molar-refractivity contribution in [3.05, 3.63) is 33.5 Å². The van der Waals surface area contributed by atoms with E-state index in [0.29, 0.717) is 18.8 Å². The predicted octanol–water partition coefficient (Wildman–Crippen LogP) is 3.01. The first-order valence-corrected chi connectivity index (χ1v) is 8.65. The first-order chi connectivity index (χ1) is 12.0. The summed E-state index contributed by atoms with van der Waals surface area (Å²) in [7, 11) is 0. The Hall–Kier alpha value is -2.28. The van der Waals surface area contributed by atoms with E-state index >= 15 is 0 Å². The van der Waals surface area contributed by atoms with E-state index in [9.17, 15) is 14.0 Å². The second kappa shape index (κ2) is 5.91. The van der Waals surface area contributed by atoms with Gasteiger partial charge >= 0.3 is 0 Å². The normalized spacial score (nSPS) is 19.5. The molecule has 1 aromatic heterocycles. The van der Waals surface area contributed by atoms with Gasteiger partial charge in [-0.1, -0.05) is 11.6 Å². The Balaban J connectivity index is 1.88. The van der Waals surface area contributed by atoms with Gasteiger partial charge in [-0.25, -0.2) is 9.07 Å². The predicted molar refractivity (Wildman–Crippen MR) is 91.7 cm³/mol. The van der Waals surface area contributed by atoms with Crippen molar-refractivity contribution in [2.75, 3.05) is 5.32 Å². The molecule has 2 aromatic rings. The third-order valence-electron chi connectivity index (χ3n) is 4.68. The van der Waals surface area contributed by atoms with Crippen molar-refractivity contribution in [2.24, 2.45) is 0 Å². The zero-order chi connectivity index (χ0) is 17.7. The molecule has 3 heterocycles. The minimum Gasteiger partial charge on any atom is -0.479 e. The molecule has 6 nitrogen and oxygen atoms in total. The van der Waals surface area contributed by atoms with Crippen LogP contribution in [0.5, 0.6) is 5.75 Å². The maximum atomic E-state index is 14.7. The molecule has 1 unspecified atom stereocenters. The molecule has 1 amide bonds. The van der Waals surface area contributed by atoms with Crippen LogP contribution in [-0.2, 0) is 17.9 Å². The van der Waals surface area contributed by atoms with Gasteiger partial charge in [0.2, 0.25) is 0 Å². The van der Waals surface area contributed by atoms with Crippen LogP contribution in [-0.4, -0.2) is 21.4 Å². The van der Waals surface area contributed by atoms with Gasteiger partial charge in [0.1, 0.15) is 16.7 Å². The molecule has 0 saturated carbocycles. The summed E-state index contributed by atoms with van der Waals surface area (Å²) >= 11 is 6.42. The first-order valence-electron chi connectivity index (χ1n) is 8.28. The number of halogens is 2. The summed E-state index contributed by atoms with van der Waals surface area (Å²) in [6, 6.07) is 2.60. The number of nitrogens with one attached hydrogen (secondary N) is 1. The van der Waals surface area contributed by atoms with Crippen molar-refractivity contribution in [3.8, 4) is 16.9 Å². The number of amides is 1. The monoisotopic (exact) mass is 365 g/mol. The Morgan fingerprint density at radius 2 is 1.92 bits per heavy atom. The lowest BCUT2D eigenvalue weighted by atomic mass is 10.1. The van der Waals surface area contributed by atoms with Gasteiger partial charge < -0.3 is 10.1 Å². The summed E-state index contributed by atoms with van der Waals surface area (Å²) in [6.45, 7) is 2.76. The van der Waals surface area contributed by atoms with Gasteiger partial charge in [0.15, 0.2) is 6.10 Å². The highest BCUT2D eigenvalue weighted by Gasteiger charge is 2.28. The van der Waals surface area contributed by atoms with Crippen LogP contribution in [0.15, 0.2) is 16.9 Å². The molecule has 0 aliphatic carbocycles. The Kier molecular flexibility index (Phi) is 3.83. The molecule has 4 rings (SSSR count). The Bertz CT molecular complexity index is 934. The standard InChI is InChI=1S/C17H17ClFN3O3/c1-9-16(23)20-12-7-10(11(19)8-13(12)25-9)14-15(18)21-5-3-2-4-6-22(21)17(14)24/h7-9H,2-6H2,1H3,(H,20,23). The number of ether oxygens (including phenoxy) is 1. The number of anilines is 1. The fraction of sp³-hybridized carbons (Fsp3) is 0.412. The number of carbonyl (C=O) groups is 1. The Morgan fingerprint density at radius 1 is 1.20 bits per heavy atom. The first kappa shape index (κ1) is 16.2. The van der Waals surface area contributed by atoms with E-state index in [4.69, 9.17) is 16.3 Å². The third-order valence-corrected chi connectivity index (χ3v) is 5.07. The maximum Gasteiger partial charge on any atom is 0.276 e. The van der Waals surface area contributed by atoms with Crippen molar-refractivity contribution in [1.29, 1.82) is 0 Å². The number of hydrogen-bond acceptors (Lipinski definition) is 3. The van der Waals surface area contributed by atoms with Crippen molar-refractivity contribution in [1.82, 2.24) is 9.36 Å². The van der Waals surface area contributed by atoms with Crippen LogP contribution in [0.25, 0.3) is 11.1 Å². The zero-order valence-corrected chi connectivity index (χ0v) is 14.4. The molecule has 0 radical (unpaired) electrons. The molecule has 0 spiro atoms. The van der Waals surface area contributed by atoms with Crippen molar-refractivity contribution in [3.63, 3.8) is 0 Å². The summed E-state index contributed by atoms with van der Waals surface area (Å²) in [5, 5.41) is 2.89. The second-order valence-electron chi connectivity index (χ2n) is 6.36. The quantitative estimate of drug-likeness (QED) is 0.844. The van der Waals surface area contributed by atoms with E-state index in [1.54, 1.807) is 16.3 Å². The molecule has 132 valence electrons. The van der Waals surface area contributed by atoms with Gasteiger partial charge in [-0.15, -0.1) is 0 Å². The van der Waals surface area contributed by atoms with E-state index in [1.807, 2.05) is 0 Å². The smallest absolute Gasteiger partial charge is 0.276 e. The Labute approximate surface area is 148 Å². The molecular weight excluding hydrogens is 349 g/mol. The number of fused-ring (bicyclic) bond motifs is 2. The molecule has 1 atom stereocenters. The van der Waals surface area contributed by atoms with E-state index in [1.165, 1.54) is 12.1 Å². The van der Waals surface area contributed by atoms with Crippen LogP contribution in [0, 0.1) is 5.82 Å². The number of carbonyl (C=O) groups excluding carboxylic acids is 1. The van der Waals surface area contributed by atoms with E-state index in [0.717, 1.165) is 19.3 Å². The average Bonchev–Trinajstić information content (AvgIpc) is 2.74. The van der Waals surface area contributed by atoms with E-state index in [-0.39, 0.29) is 33.5 Å². The lowest BCUT2D eigenvalue weighted by Crippen LogP contribution is -2.34. The third kappa shape index (κ3) is 2.54. The molecular formula is C17H17ClFN3O3. The van der Waals surface area contributed by atoms with Crippen LogP contribution in [0.1, 0.15) is 26.2 Å². The SMILES string of the molecule is CC1Oc2cc(F)c(-c3c(Cl)n4n(c3=O)CCCCC4)cc2NC1=O. The van der Waals surface area contributed by atoms with Gasteiger partial charge in [-0.3, -0.25) is 14.3 Å². The molecule has 0 saturated heterocycles. The summed E-state index contributed by atoms with van der Waals surface area (Å²) in [5.74, 6) is -0.687. The molecule has 2 aliphatic heterocycles. The average molecular weight is 366 g/mol. The number of rotatable bonds is 1. The van der Waals surface area contributed by atoms with E-state index in [2.05, 4.69) is 5.32 Å². The summed E-state index contributed by atoms with van der Waals surface area (Å²) < 4.78 is 23.4. The lowest BCUT2D eigenvalue weighted by molar-refractivity contribution is -0.122. The van der Waals surface area contributed by atoms with Crippen molar-refractivity contribution < 1.29 is 13.9 Å². The van der Waals surface area contributed by atoms with Crippen LogP contribution in [0.3, 0.4) is 0 Å². The van der Waals surface area contributed by atoms with Crippen LogP contribution in [0.4, 0.5) is 10.1 Å². The Morgan fingerprint density at radius 3 is 2.68 bits per heavy atom. The number of aromatic nitrogens is 2. The van der Waals surface area contributed by atoms with Gasteiger partial charge in [0.25, 0.3) is 11.5 Å². The number of hydrogen-bond donors (Lipinski definition) is 1. The molecule has 0 fully saturated rings. The lowest BCUT2D eigenvalue weighted by Gasteiger charge is -2.23. The number of benzene rings is 1. The van der Waals surface area contributed by atoms with Gasteiger partial charge in [0, 0.05) is 24.7 Å². The highest BCUT2D eigenvalue weighted by atomic mass is 35.5. The highest BCUT2D eigenvalue weighted by Crippen LogP contribution is 2.37. The summed E-state index contributed by atoms with van der Waals surface area (Å²) in [6.07, 6.45) is 2.13. The molecule has 8 heteroatoms. The van der Waals surface area contributed by atoms with Crippen molar-refractivity contribution >= 4 is 23.2 Å². The molecule has 1 N–H and O–H groups in total. The van der Waals surface area contributed by atoms with Gasteiger partial charge in [-0.05, 0) is 32.3 Å². The van der Waals surface area contributed by atoms with Crippen LogP contribution >= 0.6 is 11.6 Å².